The molecule has 2 amide bonds. The van der Waals surface area contributed by atoms with Crippen LogP contribution in [0.5, 0.6) is 5.75 Å². The first-order valence-electron chi connectivity index (χ1n) is 14.6. The maximum Gasteiger partial charge on any atom is 0.333 e. The smallest absolute Gasteiger partial charge is 0.333 e. The number of hydrogen-bond acceptors (Lipinski definition) is 14. The topological polar surface area (TPSA) is 180 Å². The molecule has 0 aromatic heterocycles. The van der Waals surface area contributed by atoms with E-state index in [1.165, 1.54) is 19.2 Å². The van der Waals surface area contributed by atoms with Crippen LogP contribution >= 0.6 is 0 Å². The number of ether oxygens (including phenoxy) is 7. The van der Waals surface area contributed by atoms with Crippen molar-refractivity contribution in [3.05, 3.63) is 65.2 Å². The van der Waals surface area contributed by atoms with Gasteiger partial charge in [0.05, 0.1) is 31.5 Å². The van der Waals surface area contributed by atoms with Gasteiger partial charge in [-0.15, -0.1) is 0 Å². The van der Waals surface area contributed by atoms with Crippen LogP contribution in [0.1, 0.15) is 59.4 Å². The van der Waals surface area contributed by atoms with Crippen LogP contribution < -0.4 is 4.74 Å². The summed E-state index contributed by atoms with van der Waals surface area (Å²) in [5.74, 6) is -4.10. The van der Waals surface area contributed by atoms with Crippen molar-refractivity contribution in [3.8, 4) is 5.75 Å². The zero-order valence-electron chi connectivity index (χ0n) is 26.2. The average molecular weight is 658 g/mol. The van der Waals surface area contributed by atoms with E-state index in [4.69, 9.17) is 38.0 Å². The lowest BCUT2D eigenvalue weighted by atomic mass is 9.98. The molecular formula is C32H35NO14. The summed E-state index contributed by atoms with van der Waals surface area (Å²) in [6.07, 6.45) is -6.94. The number of nitrogens with zero attached hydrogens (tertiary/aromatic N) is 1. The predicted octanol–water partition coefficient (Wildman–Crippen LogP) is 2.28. The number of carbonyl (C=O) groups excluding carboxylic acids is 6. The minimum absolute atomic E-state index is 0.0840. The van der Waals surface area contributed by atoms with E-state index in [9.17, 15) is 28.8 Å². The molecule has 2 aliphatic heterocycles. The van der Waals surface area contributed by atoms with Gasteiger partial charge in [-0.25, -0.2) is 4.79 Å². The van der Waals surface area contributed by atoms with Crippen molar-refractivity contribution in [1.82, 2.24) is 5.06 Å². The predicted molar refractivity (Wildman–Crippen MR) is 156 cm³/mol. The third kappa shape index (κ3) is 8.90. The Balaban J connectivity index is 1.40. The Morgan fingerprint density at radius 2 is 1.36 bits per heavy atom. The highest BCUT2D eigenvalue weighted by Gasteiger charge is 2.52. The summed E-state index contributed by atoms with van der Waals surface area (Å²) in [5.41, 5.74) is 1.02. The van der Waals surface area contributed by atoms with Crippen LogP contribution in [0.2, 0.25) is 0 Å². The van der Waals surface area contributed by atoms with Gasteiger partial charge >= 0.3 is 23.9 Å². The van der Waals surface area contributed by atoms with Crippen molar-refractivity contribution in [2.24, 2.45) is 0 Å². The molecule has 0 unspecified atom stereocenters. The quantitative estimate of drug-likeness (QED) is 0.164. The lowest BCUT2D eigenvalue weighted by Crippen LogP contribution is -2.62. The third-order valence-corrected chi connectivity index (χ3v) is 7.12. The molecule has 2 heterocycles. The van der Waals surface area contributed by atoms with E-state index in [0.717, 1.165) is 19.4 Å². The van der Waals surface area contributed by atoms with E-state index in [0.29, 0.717) is 10.8 Å². The molecule has 47 heavy (non-hydrogen) atoms. The lowest BCUT2D eigenvalue weighted by Gasteiger charge is -2.44. The molecule has 15 heteroatoms. The van der Waals surface area contributed by atoms with Gasteiger partial charge in [0.2, 0.25) is 0 Å². The maximum atomic E-state index is 13.0. The lowest BCUT2D eigenvalue weighted by molar-refractivity contribution is -0.304. The van der Waals surface area contributed by atoms with Gasteiger partial charge in [-0.3, -0.25) is 24.0 Å². The largest absolute Gasteiger partial charge is 0.497 e. The normalized spacial score (nSPS) is 21.9. The van der Waals surface area contributed by atoms with Gasteiger partial charge in [-0.05, 0) is 36.2 Å². The van der Waals surface area contributed by atoms with Gasteiger partial charge in [0.15, 0.2) is 24.6 Å². The fourth-order valence-corrected chi connectivity index (χ4v) is 4.99. The number of amides is 2. The number of hydrogen-bond donors (Lipinski definition) is 0. The number of rotatable bonds is 14. The van der Waals surface area contributed by atoms with Crippen molar-refractivity contribution < 1.29 is 66.8 Å². The molecule has 15 nitrogen and oxygen atoms in total. The molecule has 0 saturated carbocycles. The van der Waals surface area contributed by atoms with Crippen molar-refractivity contribution in [2.75, 3.05) is 20.8 Å². The molecule has 0 bridgehead atoms. The summed E-state index contributed by atoms with van der Waals surface area (Å²) in [5, 5.41) is 0.381. The van der Waals surface area contributed by atoms with Gasteiger partial charge in [0.1, 0.15) is 11.9 Å². The van der Waals surface area contributed by atoms with Crippen LogP contribution in [-0.2, 0) is 59.0 Å². The van der Waals surface area contributed by atoms with E-state index in [1.807, 2.05) is 0 Å². The monoisotopic (exact) mass is 657 g/mol. The first-order valence-corrected chi connectivity index (χ1v) is 14.6. The number of hydroxylamine groups is 2. The molecule has 0 radical (unpaired) electrons. The molecule has 252 valence electrons. The second kappa shape index (κ2) is 16.1. The SMILES string of the molecule is COc1ccc(COC[C@H]2O[C@H](OC)[C@H](OC(C)=O)[C@@H](OC(C)=O)[C@@H]2OC(=O)CCCC(=O)ON2C(=O)c3ccccc3C2=O)cc1. The average Bonchev–Trinajstić information content (AvgIpc) is 3.28. The molecule has 2 aromatic carbocycles. The first-order chi connectivity index (χ1) is 22.5. The van der Waals surface area contributed by atoms with Crippen molar-refractivity contribution >= 4 is 35.7 Å². The molecule has 4 rings (SSSR count). The number of benzene rings is 2. The van der Waals surface area contributed by atoms with Crippen molar-refractivity contribution in [2.45, 2.75) is 70.4 Å². The van der Waals surface area contributed by atoms with Gasteiger partial charge in [-0.1, -0.05) is 29.3 Å². The highest BCUT2D eigenvalue weighted by molar-refractivity contribution is 6.20. The molecule has 5 atom stereocenters. The van der Waals surface area contributed by atoms with E-state index >= 15 is 0 Å². The number of imide groups is 1. The van der Waals surface area contributed by atoms with Crippen molar-refractivity contribution in [3.63, 3.8) is 0 Å². The second-order valence-corrected chi connectivity index (χ2v) is 10.5. The number of methoxy groups -OCH3 is 2. The zero-order chi connectivity index (χ0) is 34.1. The fourth-order valence-electron chi connectivity index (χ4n) is 4.99. The highest BCUT2D eigenvalue weighted by atomic mass is 16.7. The molecule has 2 aliphatic rings. The van der Waals surface area contributed by atoms with E-state index in [1.54, 1.807) is 43.5 Å². The Morgan fingerprint density at radius 1 is 0.766 bits per heavy atom. The number of fused-ring (bicyclic) bond motifs is 1. The summed E-state index contributed by atoms with van der Waals surface area (Å²) in [4.78, 5) is 79.4. The standard InChI is InChI=1S/C32H35NO14/c1-18(34)43-28-27(46-25(36)10-7-11-26(37)47-33-30(38)22-8-5-6-9-23(22)31(33)39)24(45-32(41-4)29(28)44-19(2)35)17-42-16-20-12-14-21(40-3)15-13-20/h5-6,8-9,12-15,24,27-29,32H,7,10-11,16-17H2,1-4H3/t24-,27-,28+,29-,32+/m1/s1. The molecule has 1 saturated heterocycles. The van der Waals surface area contributed by atoms with Gasteiger partial charge < -0.3 is 38.0 Å². The Labute approximate surface area is 269 Å². The molecule has 2 aromatic rings. The number of esters is 3. The van der Waals surface area contributed by atoms with Crippen LogP contribution in [0.15, 0.2) is 48.5 Å². The van der Waals surface area contributed by atoms with E-state index in [-0.39, 0.29) is 43.6 Å². The van der Waals surface area contributed by atoms with Gasteiger partial charge in [-0.2, -0.15) is 0 Å². The van der Waals surface area contributed by atoms with Gasteiger partial charge in [0, 0.05) is 33.8 Å². The first kappa shape index (κ1) is 35.0. The Hall–Kier alpha value is -4.86. The van der Waals surface area contributed by atoms with E-state index in [2.05, 4.69) is 0 Å². The zero-order valence-corrected chi connectivity index (χ0v) is 26.2. The highest BCUT2D eigenvalue weighted by Crippen LogP contribution is 2.30. The van der Waals surface area contributed by atoms with Crippen LogP contribution in [0.4, 0.5) is 0 Å². The summed E-state index contributed by atoms with van der Waals surface area (Å²) in [6.45, 7) is 2.27. The molecule has 0 N–H and O–H groups in total. The second-order valence-electron chi connectivity index (χ2n) is 10.5. The Morgan fingerprint density at radius 3 is 1.94 bits per heavy atom. The Bertz CT molecular complexity index is 1440. The van der Waals surface area contributed by atoms with Crippen LogP contribution in [0.3, 0.4) is 0 Å². The minimum Gasteiger partial charge on any atom is -0.497 e. The van der Waals surface area contributed by atoms with Crippen LogP contribution in [-0.4, -0.2) is 92.3 Å². The minimum atomic E-state index is -1.34. The van der Waals surface area contributed by atoms with Gasteiger partial charge in [0.25, 0.3) is 11.8 Å². The molecule has 0 aliphatic carbocycles. The molecule has 0 spiro atoms. The van der Waals surface area contributed by atoms with Crippen LogP contribution in [0.25, 0.3) is 0 Å². The number of carbonyl (C=O) groups is 6. The maximum absolute atomic E-state index is 13.0. The summed E-state index contributed by atoms with van der Waals surface area (Å²) < 4.78 is 38.8. The summed E-state index contributed by atoms with van der Waals surface area (Å²) in [7, 11) is 2.85. The summed E-state index contributed by atoms with van der Waals surface area (Å²) in [6, 6.07) is 13.2. The molecule has 1 fully saturated rings. The molecular weight excluding hydrogens is 622 g/mol. The third-order valence-electron chi connectivity index (χ3n) is 7.12. The van der Waals surface area contributed by atoms with Crippen LogP contribution in [0, 0.1) is 0 Å². The van der Waals surface area contributed by atoms with Crippen molar-refractivity contribution in [1.29, 1.82) is 0 Å². The summed E-state index contributed by atoms with van der Waals surface area (Å²) >= 11 is 0. The Kier molecular flexibility index (Phi) is 12.0. The van der Waals surface area contributed by atoms with E-state index < -0.39 is 66.4 Å². The fraction of sp³-hybridized carbons (Fsp3) is 0.438.